The first-order valence-corrected chi connectivity index (χ1v) is 8.72. The Morgan fingerprint density at radius 1 is 0.750 bits per heavy atom. The topological polar surface area (TPSA) is 17.8 Å². The summed E-state index contributed by atoms with van der Waals surface area (Å²) >= 11 is 1.84. The molecule has 2 nitrogen and oxygen atoms in total. The molecular weight excluding hydrogens is 312 g/mol. The third-order valence-corrected chi connectivity index (χ3v) is 5.45. The molecule has 0 N–H and O–H groups in total. The van der Waals surface area contributed by atoms with E-state index in [4.69, 9.17) is 0 Å². The van der Waals surface area contributed by atoms with Crippen LogP contribution >= 0.6 is 11.3 Å². The molecule has 0 radical (unpaired) electrons. The summed E-state index contributed by atoms with van der Waals surface area (Å²) in [7, 11) is 0. The van der Waals surface area contributed by atoms with Gasteiger partial charge in [-0.25, -0.2) is 4.98 Å². The van der Waals surface area contributed by atoms with Gasteiger partial charge in [0.15, 0.2) is 0 Å². The normalized spacial score (nSPS) is 11.3. The Morgan fingerprint density at radius 3 is 2.46 bits per heavy atom. The number of benzene rings is 3. The molecule has 3 heteroatoms. The van der Waals surface area contributed by atoms with Crippen molar-refractivity contribution in [3.05, 3.63) is 85.2 Å². The van der Waals surface area contributed by atoms with Crippen molar-refractivity contribution in [3.63, 3.8) is 0 Å². The van der Waals surface area contributed by atoms with Crippen LogP contribution in [0.5, 0.6) is 0 Å². The molecule has 0 fully saturated rings. The van der Waals surface area contributed by atoms with Crippen molar-refractivity contribution < 1.29 is 0 Å². The number of aromatic nitrogens is 2. The summed E-state index contributed by atoms with van der Waals surface area (Å²) in [5, 5.41) is 2.65. The molecule has 0 aliphatic rings. The molecule has 0 aliphatic carbocycles. The van der Waals surface area contributed by atoms with E-state index in [1.165, 1.54) is 20.2 Å². The molecule has 5 rings (SSSR count). The molecule has 3 aromatic carbocycles. The van der Waals surface area contributed by atoms with Gasteiger partial charge in [-0.3, -0.25) is 4.57 Å². The van der Waals surface area contributed by atoms with Crippen molar-refractivity contribution >= 4 is 31.5 Å². The van der Waals surface area contributed by atoms with Crippen LogP contribution in [-0.2, 0) is 0 Å². The van der Waals surface area contributed by atoms with Crippen molar-refractivity contribution in [2.45, 2.75) is 0 Å². The van der Waals surface area contributed by atoms with Gasteiger partial charge in [-0.05, 0) is 18.2 Å². The minimum Gasteiger partial charge on any atom is -0.300 e. The van der Waals surface area contributed by atoms with Crippen molar-refractivity contribution in [1.82, 2.24) is 9.55 Å². The smallest absolute Gasteiger partial charge is 0.144 e. The molecular formula is C21H14N2S. The van der Waals surface area contributed by atoms with Crippen molar-refractivity contribution in [1.29, 1.82) is 0 Å². The Hall–Kier alpha value is -2.91. The zero-order valence-electron chi connectivity index (χ0n) is 12.9. The van der Waals surface area contributed by atoms with E-state index < -0.39 is 0 Å². The standard InChI is InChI=1S/C21H14N2S/c1-2-6-15(7-3-1)21-22-12-13-23(21)16-10-11-18-17-8-4-5-9-19(17)24-20(18)14-16/h1-14H. The zero-order chi connectivity index (χ0) is 15.9. The Balaban J connectivity index is 1.71. The van der Waals surface area contributed by atoms with Crippen LogP contribution in [0, 0.1) is 0 Å². The first kappa shape index (κ1) is 13.5. The van der Waals surface area contributed by atoms with E-state index in [2.05, 4.69) is 64.1 Å². The van der Waals surface area contributed by atoms with Gasteiger partial charge in [0.2, 0.25) is 0 Å². The Morgan fingerprint density at radius 2 is 1.54 bits per heavy atom. The summed E-state index contributed by atoms with van der Waals surface area (Å²) in [6.45, 7) is 0. The van der Waals surface area contributed by atoms with Gasteiger partial charge in [0.1, 0.15) is 5.82 Å². The molecule has 0 atom stereocenters. The zero-order valence-corrected chi connectivity index (χ0v) is 13.7. The second-order valence-electron chi connectivity index (χ2n) is 5.77. The van der Waals surface area contributed by atoms with E-state index >= 15 is 0 Å². The van der Waals surface area contributed by atoms with Crippen LogP contribution in [0.4, 0.5) is 0 Å². The molecule has 5 aromatic rings. The van der Waals surface area contributed by atoms with E-state index in [-0.39, 0.29) is 0 Å². The van der Waals surface area contributed by atoms with Gasteiger partial charge in [0, 0.05) is 43.8 Å². The number of imidazole rings is 1. The molecule has 0 spiro atoms. The lowest BCUT2D eigenvalue weighted by Gasteiger charge is -2.08. The monoisotopic (exact) mass is 326 g/mol. The molecule has 0 amide bonds. The van der Waals surface area contributed by atoms with Crippen molar-refractivity contribution in [2.24, 2.45) is 0 Å². The van der Waals surface area contributed by atoms with Gasteiger partial charge in [0.25, 0.3) is 0 Å². The molecule has 114 valence electrons. The van der Waals surface area contributed by atoms with E-state index in [0.29, 0.717) is 0 Å². The van der Waals surface area contributed by atoms with E-state index in [1.807, 2.05) is 41.9 Å². The lowest BCUT2D eigenvalue weighted by Crippen LogP contribution is -1.95. The minimum absolute atomic E-state index is 0.969. The summed E-state index contributed by atoms with van der Waals surface area (Å²) in [5.74, 6) is 0.969. The fourth-order valence-electron chi connectivity index (χ4n) is 3.18. The van der Waals surface area contributed by atoms with Gasteiger partial charge < -0.3 is 0 Å². The summed E-state index contributed by atoms with van der Waals surface area (Å²) in [6.07, 6.45) is 3.88. The van der Waals surface area contributed by atoms with Crippen LogP contribution in [0.15, 0.2) is 85.2 Å². The van der Waals surface area contributed by atoms with Crippen LogP contribution in [-0.4, -0.2) is 9.55 Å². The van der Waals surface area contributed by atoms with Crippen molar-refractivity contribution in [3.8, 4) is 17.1 Å². The molecule has 24 heavy (non-hydrogen) atoms. The van der Waals surface area contributed by atoms with Crippen LogP contribution in [0.3, 0.4) is 0 Å². The maximum Gasteiger partial charge on any atom is 0.144 e. The Kier molecular flexibility index (Phi) is 3.00. The Labute approximate surface area is 143 Å². The average Bonchev–Trinajstić information content (AvgIpc) is 3.26. The highest BCUT2D eigenvalue weighted by Crippen LogP contribution is 2.35. The fraction of sp³-hybridized carbons (Fsp3) is 0. The molecule has 0 saturated heterocycles. The highest BCUT2D eigenvalue weighted by atomic mass is 32.1. The second kappa shape index (κ2) is 5.32. The molecule has 0 aliphatic heterocycles. The molecule has 0 bridgehead atoms. The largest absolute Gasteiger partial charge is 0.300 e. The second-order valence-corrected chi connectivity index (χ2v) is 6.85. The van der Waals surface area contributed by atoms with E-state index in [1.54, 1.807) is 0 Å². The van der Waals surface area contributed by atoms with Gasteiger partial charge in [-0.1, -0.05) is 54.6 Å². The lowest BCUT2D eigenvalue weighted by molar-refractivity contribution is 1.07. The van der Waals surface area contributed by atoms with Gasteiger partial charge in [0.05, 0.1) is 0 Å². The van der Waals surface area contributed by atoms with Gasteiger partial charge in [-0.15, -0.1) is 11.3 Å². The first-order chi connectivity index (χ1) is 11.9. The number of nitrogens with zero attached hydrogens (tertiary/aromatic N) is 2. The average molecular weight is 326 g/mol. The number of rotatable bonds is 2. The van der Waals surface area contributed by atoms with Crippen LogP contribution in [0.2, 0.25) is 0 Å². The van der Waals surface area contributed by atoms with Crippen LogP contribution in [0.25, 0.3) is 37.2 Å². The van der Waals surface area contributed by atoms with Gasteiger partial charge in [-0.2, -0.15) is 0 Å². The first-order valence-electron chi connectivity index (χ1n) is 7.90. The molecule has 0 unspecified atom stereocenters. The van der Waals surface area contributed by atoms with E-state index in [9.17, 15) is 0 Å². The fourth-order valence-corrected chi connectivity index (χ4v) is 4.32. The molecule has 0 saturated carbocycles. The van der Waals surface area contributed by atoms with Crippen molar-refractivity contribution in [2.75, 3.05) is 0 Å². The maximum absolute atomic E-state index is 4.55. The predicted octanol–water partition coefficient (Wildman–Crippen LogP) is 5.91. The molecule has 2 heterocycles. The van der Waals surface area contributed by atoms with Gasteiger partial charge >= 0.3 is 0 Å². The third-order valence-electron chi connectivity index (χ3n) is 4.31. The molecule has 2 aromatic heterocycles. The number of thiophene rings is 1. The van der Waals surface area contributed by atoms with Crippen LogP contribution in [0.1, 0.15) is 0 Å². The summed E-state index contributed by atoms with van der Waals surface area (Å²) in [6, 6.07) is 25.5. The number of fused-ring (bicyclic) bond motifs is 3. The highest BCUT2D eigenvalue weighted by molar-refractivity contribution is 7.25. The lowest BCUT2D eigenvalue weighted by atomic mass is 10.1. The minimum atomic E-state index is 0.969. The third kappa shape index (κ3) is 2.06. The summed E-state index contributed by atoms with van der Waals surface area (Å²) < 4.78 is 4.79. The SMILES string of the molecule is c1ccc(-c2nccn2-c2ccc3c(c2)sc2ccccc23)cc1. The highest BCUT2D eigenvalue weighted by Gasteiger charge is 2.10. The summed E-state index contributed by atoms with van der Waals surface area (Å²) in [4.78, 5) is 4.55. The van der Waals surface area contributed by atoms with E-state index in [0.717, 1.165) is 17.1 Å². The number of hydrogen-bond donors (Lipinski definition) is 0. The van der Waals surface area contributed by atoms with Crippen LogP contribution < -0.4 is 0 Å². The quantitative estimate of drug-likeness (QED) is 0.394. The number of hydrogen-bond acceptors (Lipinski definition) is 2. The Bertz CT molecular complexity index is 1150. The summed E-state index contributed by atoms with van der Waals surface area (Å²) in [5.41, 5.74) is 2.27. The predicted molar refractivity (Wildman–Crippen MR) is 102 cm³/mol. The maximum atomic E-state index is 4.55.